The van der Waals surface area contributed by atoms with Crippen LogP contribution in [0.4, 0.5) is 0 Å². The van der Waals surface area contributed by atoms with Crippen LogP contribution in [0.15, 0.2) is 0 Å². The van der Waals surface area contributed by atoms with Crippen LogP contribution in [0.1, 0.15) is 52.9 Å². The molecular formula is C16H31NO2. The molecule has 2 aliphatic rings. The molecule has 2 fully saturated rings. The van der Waals surface area contributed by atoms with E-state index >= 15 is 0 Å². The quantitative estimate of drug-likeness (QED) is 0.803. The third-order valence-corrected chi connectivity index (χ3v) is 5.00. The second-order valence-corrected chi connectivity index (χ2v) is 6.50. The molecule has 3 heteroatoms. The van der Waals surface area contributed by atoms with Crippen molar-refractivity contribution in [3.05, 3.63) is 0 Å². The van der Waals surface area contributed by atoms with Crippen molar-refractivity contribution in [3.8, 4) is 0 Å². The fourth-order valence-corrected chi connectivity index (χ4v) is 3.48. The lowest BCUT2D eigenvalue weighted by molar-refractivity contribution is -0.0588. The minimum atomic E-state index is 0.0315. The number of nitrogens with one attached hydrogen (secondary N) is 1. The molecule has 0 bridgehead atoms. The van der Waals surface area contributed by atoms with E-state index in [4.69, 9.17) is 9.47 Å². The maximum Gasteiger partial charge on any atom is 0.159 e. The summed E-state index contributed by atoms with van der Waals surface area (Å²) >= 11 is 0. The second-order valence-electron chi connectivity index (χ2n) is 6.50. The zero-order valence-electron chi connectivity index (χ0n) is 12.9. The molecule has 1 N–H and O–H groups in total. The summed E-state index contributed by atoms with van der Waals surface area (Å²) in [6.45, 7) is 9.69. The zero-order valence-corrected chi connectivity index (χ0v) is 12.9. The predicted octanol–water partition coefficient (Wildman–Crippen LogP) is 3.19. The summed E-state index contributed by atoms with van der Waals surface area (Å²) in [5.74, 6) is 2.54. The fraction of sp³-hybridized carbons (Fsp3) is 1.00. The van der Waals surface area contributed by atoms with Crippen LogP contribution in [-0.4, -0.2) is 32.1 Å². The number of hydrogen-bond acceptors (Lipinski definition) is 3. The molecule has 0 amide bonds. The van der Waals surface area contributed by atoms with Crippen LogP contribution < -0.4 is 5.32 Å². The van der Waals surface area contributed by atoms with Crippen LogP contribution in [-0.2, 0) is 9.47 Å². The summed E-state index contributed by atoms with van der Waals surface area (Å²) in [4.78, 5) is 0. The van der Waals surface area contributed by atoms with E-state index in [2.05, 4.69) is 26.1 Å². The zero-order chi connectivity index (χ0) is 13.7. The highest BCUT2D eigenvalue weighted by molar-refractivity contribution is 4.84. The molecule has 0 spiro atoms. The van der Waals surface area contributed by atoms with E-state index in [1.807, 2.05) is 0 Å². The van der Waals surface area contributed by atoms with Gasteiger partial charge in [-0.3, -0.25) is 0 Å². The van der Waals surface area contributed by atoms with Gasteiger partial charge in [-0.1, -0.05) is 27.2 Å². The van der Waals surface area contributed by atoms with Gasteiger partial charge in [0.1, 0.15) is 0 Å². The van der Waals surface area contributed by atoms with E-state index < -0.39 is 0 Å². The molecular weight excluding hydrogens is 238 g/mol. The molecule has 0 aromatic carbocycles. The number of rotatable bonds is 6. The molecule has 1 aliphatic heterocycles. The van der Waals surface area contributed by atoms with Gasteiger partial charge in [0.25, 0.3) is 0 Å². The highest BCUT2D eigenvalue weighted by atomic mass is 16.7. The first-order valence-corrected chi connectivity index (χ1v) is 8.17. The first-order valence-electron chi connectivity index (χ1n) is 8.17. The summed E-state index contributed by atoms with van der Waals surface area (Å²) in [5, 5.41) is 3.74. The van der Waals surface area contributed by atoms with Gasteiger partial charge >= 0.3 is 0 Å². The molecule has 0 aromatic rings. The Morgan fingerprint density at radius 2 is 1.84 bits per heavy atom. The molecule has 4 atom stereocenters. The van der Waals surface area contributed by atoms with Crippen molar-refractivity contribution >= 4 is 0 Å². The summed E-state index contributed by atoms with van der Waals surface area (Å²) in [7, 11) is 0. The van der Waals surface area contributed by atoms with Crippen molar-refractivity contribution < 1.29 is 9.47 Å². The molecule has 112 valence electrons. The topological polar surface area (TPSA) is 30.5 Å². The maximum absolute atomic E-state index is 5.64. The molecule has 1 heterocycles. The Kier molecular flexibility index (Phi) is 6.11. The van der Waals surface area contributed by atoms with Crippen molar-refractivity contribution in [2.45, 2.75) is 65.2 Å². The maximum atomic E-state index is 5.64. The van der Waals surface area contributed by atoms with E-state index in [1.54, 1.807) is 0 Å². The smallest absolute Gasteiger partial charge is 0.159 e. The summed E-state index contributed by atoms with van der Waals surface area (Å²) in [6, 6.07) is 0.568. The largest absolute Gasteiger partial charge is 0.350 e. The first kappa shape index (κ1) is 15.3. The SMILES string of the molecule is CCCNC(CC1OCCO1)C1CCC(C)C(C)C1. The van der Waals surface area contributed by atoms with Gasteiger partial charge < -0.3 is 14.8 Å². The molecule has 1 saturated heterocycles. The molecule has 19 heavy (non-hydrogen) atoms. The van der Waals surface area contributed by atoms with Crippen molar-refractivity contribution in [1.82, 2.24) is 5.32 Å². The Hall–Kier alpha value is -0.120. The lowest BCUT2D eigenvalue weighted by atomic mass is 9.72. The molecule has 0 radical (unpaired) electrons. The summed E-state index contributed by atoms with van der Waals surface area (Å²) in [6.07, 6.45) is 6.34. The van der Waals surface area contributed by atoms with Crippen LogP contribution in [0.5, 0.6) is 0 Å². The molecule has 1 aliphatic carbocycles. The number of ether oxygens (including phenoxy) is 2. The van der Waals surface area contributed by atoms with E-state index in [9.17, 15) is 0 Å². The molecule has 1 saturated carbocycles. The Morgan fingerprint density at radius 3 is 2.47 bits per heavy atom. The highest BCUT2D eigenvalue weighted by Gasteiger charge is 2.32. The second kappa shape index (κ2) is 7.61. The summed E-state index contributed by atoms with van der Waals surface area (Å²) in [5.41, 5.74) is 0. The van der Waals surface area contributed by atoms with Gasteiger partial charge in [-0.15, -0.1) is 0 Å². The standard InChI is InChI=1S/C16H31NO2/c1-4-7-17-15(11-16-18-8-9-19-16)14-6-5-12(2)13(3)10-14/h12-17H,4-11H2,1-3H3. The van der Waals surface area contributed by atoms with E-state index in [1.165, 1.54) is 25.7 Å². The van der Waals surface area contributed by atoms with Crippen LogP contribution >= 0.6 is 0 Å². The van der Waals surface area contributed by atoms with Gasteiger partial charge in [-0.25, -0.2) is 0 Å². The fourth-order valence-electron chi connectivity index (χ4n) is 3.48. The van der Waals surface area contributed by atoms with E-state index in [0.717, 1.165) is 43.9 Å². The van der Waals surface area contributed by atoms with Crippen molar-refractivity contribution in [1.29, 1.82) is 0 Å². The van der Waals surface area contributed by atoms with Crippen molar-refractivity contribution in [2.75, 3.05) is 19.8 Å². The van der Waals surface area contributed by atoms with Gasteiger partial charge in [0.2, 0.25) is 0 Å². The number of hydrogen-bond donors (Lipinski definition) is 1. The average Bonchev–Trinajstić information content (AvgIpc) is 2.91. The highest BCUT2D eigenvalue weighted by Crippen LogP contribution is 2.36. The van der Waals surface area contributed by atoms with Crippen molar-refractivity contribution in [2.24, 2.45) is 17.8 Å². The third kappa shape index (κ3) is 4.44. The predicted molar refractivity (Wildman–Crippen MR) is 78.1 cm³/mol. The Balaban J connectivity index is 1.87. The average molecular weight is 269 g/mol. The Labute approximate surface area is 118 Å². The van der Waals surface area contributed by atoms with Crippen LogP contribution in [0, 0.1) is 17.8 Å². The normalized spacial score (nSPS) is 34.6. The summed E-state index contributed by atoms with van der Waals surface area (Å²) < 4.78 is 11.3. The first-order chi connectivity index (χ1) is 9.20. The van der Waals surface area contributed by atoms with Gasteiger partial charge in [-0.2, -0.15) is 0 Å². The molecule has 0 aromatic heterocycles. The minimum absolute atomic E-state index is 0.0315. The monoisotopic (exact) mass is 269 g/mol. The molecule has 3 nitrogen and oxygen atoms in total. The van der Waals surface area contributed by atoms with Gasteiger partial charge in [-0.05, 0) is 43.6 Å². The van der Waals surface area contributed by atoms with Crippen LogP contribution in [0.3, 0.4) is 0 Å². The molecule has 4 unspecified atom stereocenters. The lowest BCUT2D eigenvalue weighted by Crippen LogP contribution is -2.42. The molecule has 2 rings (SSSR count). The van der Waals surface area contributed by atoms with Crippen LogP contribution in [0.25, 0.3) is 0 Å². The minimum Gasteiger partial charge on any atom is -0.350 e. The Bertz CT molecular complexity index is 253. The van der Waals surface area contributed by atoms with Crippen molar-refractivity contribution in [3.63, 3.8) is 0 Å². The van der Waals surface area contributed by atoms with Gasteiger partial charge in [0.05, 0.1) is 13.2 Å². The lowest BCUT2D eigenvalue weighted by Gasteiger charge is -2.37. The van der Waals surface area contributed by atoms with E-state index in [-0.39, 0.29) is 6.29 Å². The van der Waals surface area contributed by atoms with Gasteiger partial charge in [0, 0.05) is 12.5 Å². The van der Waals surface area contributed by atoms with Gasteiger partial charge in [0.15, 0.2) is 6.29 Å². The third-order valence-electron chi connectivity index (χ3n) is 5.00. The van der Waals surface area contributed by atoms with Crippen LogP contribution in [0.2, 0.25) is 0 Å². The Morgan fingerprint density at radius 1 is 1.11 bits per heavy atom. The van der Waals surface area contributed by atoms with E-state index in [0.29, 0.717) is 6.04 Å².